The Morgan fingerprint density at radius 1 is 1.19 bits per heavy atom. The Morgan fingerprint density at radius 2 is 1.85 bits per heavy atom. The minimum absolute atomic E-state index is 0.0620. The summed E-state index contributed by atoms with van der Waals surface area (Å²) in [7, 11) is -0.755. The summed E-state index contributed by atoms with van der Waals surface area (Å²) in [6.07, 6.45) is 1.86. The summed E-state index contributed by atoms with van der Waals surface area (Å²) in [4.78, 5) is 12.6. The standard InChI is InChI=1S/C20H26N2O4S/c1-5-7-15(2)21-20(23)16-8-6-9-17(14-16)22(3)27(24,25)19-12-10-18(26-4)11-13-19/h6,8-15H,5,7H2,1-4H3,(H,21,23)/t15-/m0/s1. The molecule has 27 heavy (non-hydrogen) atoms. The number of ether oxygens (including phenoxy) is 1. The first-order valence-electron chi connectivity index (χ1n) is 8.83. The quantitative estimate of drug-likeness (QED) is 0.749. The molecule has 0 aromatic heterocycles. The Balaban J connectivity index is 2.25. The Kier molecular flexibility index (Phi) is 6.85. The van der Waals surface area contributed by atoms with Crippen LogP contribution in [0.3, 0.4) is 0 Å². The van der Waals surface area contributed by atoms with Gasteiger partial charge in [0.15, 0.2) is 0 Å². The van der Waals surface area contributed by atoms with Gasteiger partial charge < -0.3 is 10.1 Å². The molecule has 0 aliphatic carbocycles. The van der Waals surface area contributed by atoms with Crippen LogP contribution in [0.4, 0.5) is 5.69 Å². The maximum absolute atomic E-state index is 12.9. The lowest BCUT2D eigenvalue weighted by atomic mass is 10.1. The van der Waals surface area contributed by atoms with Gasteiger partial charge in [-0.05, 0) is 55.8 Å². The van der Waals surface area contributed by atoms with Crippen LogP contribution in [0.1, 0.15) is 37.0 Å². The Hall–Kier alpha value is -2.54. The number of carbonyl (C=O) groups excluding carboxylic acids is 1. The highest BCUT2D eigenvalue weighted by atomic mass is 32.2. The van der Waals surface area contributed by atoms with Crippen LogP contribution in [-0.4, -0.2) is 34.5 Å². The van der Waals surface area contributed by atoms with E-state index >= 15 is 0 Å². The van der Waals surface area contributed by atoms with Crippen LogP contribution >= 0.6 is 0 Å². The van der Waals surface area contributed by atoms with Crippen molar-refractivity contribution in [2.45, 2.75) is 37.6 Å². The summed E-state index contributed by atoms with van der Waals surface area (Å²) in [6.45, 7) is 4.01. The number of rotatable bonds is 8. The molecule has 1 atom stereocenters. The summed E-state index contributed by atoms with van der Waals surface area (Å²) in [5.41, 5.74) is 0.842. The minimum atomic E-state index is -3.75. The Labute approximate surface area is 161 Å². The first-order chi connectivity index (χ1) is 12.8. The SMILES string of the molecule is CCC[C@H](C)NC(=O)c1cccc(N(C)S(=O)(=O)c2ccc(OC)cc2)c1. The van der Waals surface area contributed by atoms with Crippen molar-refractivity contribution < 1.29 is 17.9 Å². The highest BCUT2D eigenvalue weighted by molar-refractivity contribution is 7.92. The molecule has 0 aliphatic heterocycles. The van der Waals surface area contributed by atoms with Crippen molar-refractivity contribution in [1.29, 1.82) is 0 Å². The van der Waals surface area contributed by atoms with Gasteiger partial charge in [0, 0.05) is 18.7 Å². The van der Waals surface area contributed by atoms with Gasteiger partial charge in [-0.25, -0.2) is 8.42 Å². The largest absolute Gasteiger partial charge is 0.497 e. The topological polar surface area (TPSA) is 75.7 Å². The second kappa shape index (κ2) is 8.90. The molecule has 1 N–H and O–H groups in total. The molecule has 0 saturated carbocycles. The zero-order valence-electron chi connectivity index (χ0n) is 16.1. The fraction of sp³-hybridized carbons (Fsp3) is 0.350. The van der Waals surface area contributed by atoms with E-state index in [-0.39, 0.29) is 16.8 Å². The number of hydrogen-bond donors (Lipinski definition) is 1. The van der Waals surface area contributed by atoms with E-state index in [9.17, 15) is 13.2 Å². The average molecular weight is 391 g/mol. The van der Waals surface area contributed by atoms with Crippen molar-refractivity contribution in [2.24, 2.45) is 0 Å². The van der Waals surface area contributed by atoms with Crippen LogP contribution in [0, 0.1) is 0 Å². The number of anilines is 1. The van der Waals surface area contributed by atoms with Gasteiger partial charge in [-0.3, -0.25) is 9.10 Å². The maximum Gasteiger partial charge on any atom is 0.264 e. The third-order valence-corrected chi connectivity index (χ3v) is 6.09. The Morgan fingerprint density at radius 3 is 2.44 bits per heavy atom. The smallest absolute Gasteiger partial charge is 0.264 e. The molecule has 7 heteroatoms. The number of nitrogens with zero attached hydrogens (tertiary/aromatic N) is 1. The van der Waals surface area contributed by atoms with Gasteiger partial charge in [-0.1, -0.05) is 19.4 Å². The van der Waals surface area contributed by atoms with Crippen molar-refractivity contribution in [1.82, 2.24) is 5.32 Å². The van der Waals surface area contributed by atoms with Gasteiger partial charge in [0.1, 0.15) is 5.75 Å². The zero-order valence-corrected chi connectivity index (χ0v) is 16.9. The molecule has 146 valence electrons. The summed E-state index contributed by atoms with van der Waals surface area (Å²) in [5.74, 6) is 0.365. The number of amides is 1. The van der Waals surface area contributed by atoms with E-state index in [0.29, 0.717) is 17.0 Å². The minimum Gasteiger partial charge on any atom is -0.497 e. The third kappa shape index (κ3) is 5.01. The molecule has 0 saturated heterocycles. The third-order valence-electron chi connectivity index (χ3n) is 4.29. The fourth-order valence-corrected chi connectivity index (χ4v) is 3.89. The predicted molar refractivity (Wildman–Crippen MR) is 107 cm³/mol. The van der Waals surface area contributed by atoms with E-state index in [4.69, 9.17) is 4.74 Å². The van der Waals surface area contributed by atoms with Crippen LogP contribution in [0.5, 0.6) is 5.75 Å². The molecular weight excluding hydrogens is 364 g/mol. The van der Waals surface area contributed by atoms with Crippen molar-refractivity contribution >= 4 is 21.6 Å². The number of carbonyl (C=O) groups is 1. The molecule has 0 radical (unpaired) electrons. The lowest BCUT2D eigenvalue weighted by Gasteiger charge is -2.20. The average Bonchev–Trinajstić information content (AvgIpc) is 2.67. The number of hydrogen-bond acceptors (Lipinski definition) is 4. The second-order valence-electron chi connectivity index (χ2n) is 6.36. The molecule has 0 unspecified atom stereocenters. The lowest BCUT2D eigenvalue weighted by molar-refractivity contribution is 0.0938. The molecule has 0 bridgehead atoms. The van der Waals surface area contributed by atoms with Crippen LogP contribution in [-0.2, 0) is 10.0 Å². The molecule has 2 aromatic rings. The molecular formula is C20H26N2O4S. The van der Waals surface area contributed by atoms with Gasteiger partial charge in [0.25, 0.3) is 15.9 Å². The van der Waals surface area contributed by atoms with E-state index in [0.717, 1.165) is 12.8 Å². The lowest BCUT2D eigenvalue weighted by Crippen LogP contribution is -2.32. The highest BCUT2D eigenvalue weighted by Gasteiger charge is 2.22. The monoisotopic (exact) mass is 390 g/mol. The van der Waals surface area contributed by atoms with Crippen molar-refractivity contribution in [3.05, 3.63) is 54.1 Å². The van der Waals surface area contributed by atoms with Gasteiger partial charge in [-0.2, -0.15) is 0 Å². The molecule has 0 fully saturated rings. The number of methoxy groups -OCH3 is 1. The first-order valence-corrected chi connectivity index (χ1v) is 10.3. The van der Waals surface area contributed by atoms with Gasteiger partial charge in [0.05, 0.1) is 17.7 Å². The molecule has 2 rings (SSSR count). The van der Waals surface area contributed by atoms with Gasteiger partial charge >= 0.3 is 0 Å². The van der Waals surface area contributed by atoms with Crippen LogP contribution in [0.2, 0.25) is 0 Å². The molecule has 1 amide bonds. The van der Waals surface area contributed by atoms with E-state index in [1.165, 1.54) is 30.6 Å². The first kappa shape index (κ1) is 20.8. The highest BCUT2D eigenvalue weighted by Crippen LogP contribution is 2.24. The van der Waals surface area contributed by atoms with E-state index in [2.05, 4.69) is 12.2 Å². The summed E-state index contributed by atoms with van der Waals surface area (Å²) >= 11 is 0. The van der Waals surface area contributed by atoms with Gasteiger partial charge in [0.2, 0.25) is 0 Å². The summed E-state index contributed by atoms with van der Waals surface area (Å²) in [5, 5.41) is 2.93. The predicted octanol–water partition coefficient (Wildman–Crippen LogP) is 3.44. The van der Waals surface area contributed by atoms with Crippen LogP contribution in [0.25, 0.3) is 0 Å². The summed E-state index contributed by atoms with van der Waals surface area (Å²) < 4.78 is 32.0. The van der Waals surface area contributed by atoms with E-state index in [1.807, 2.05) is 6.92 Å². The second-order valence-corrected chi connectivity index (χ2v) is 8.33. The van der Waals surface area contributed by atoms with Crippen molar-refractivity contribution in [3.63, 3.8) is 0 Å². The van der Waals surface area contributed by atoms with Crippen LogP contribution in [0.15, 0.2) is 53.4 Å². The maximum atomic E-state index is 12.9. The van der Waals surface area contributed by atoms with Crippen molar-refractivity contribution in [3.8, 4) is 5.75 Å². The van der Waals surface area contributed by atoms with E-state index in [1.54, 1.807) is 36.4 Å². The van der Waals surface area contributed by atoms with Crippen molar-refractivity contribution in [2.75, 3.05) is 18.5 Å². The molecule has 0 aliphatic rings. The van der Waals surface area contributed by atoms with Gasteiger partial charge in [-0.15, -0.1) is 0 Å². The van der Waals surface area contributed by atoms with E-state index < -0.39 is 10.0 Å². The number of sulfonamides is 1. The number of nitrogens with one attached hydrogen (secondary N) is 1. The normalized spacial score (nSPS) is 12.3. The van der Waals surface area contributed by atoms with Crippen LogP contribution < -0.4 is 14.4 Å². The summed E-state index contributed by atoms with van der Waals surface area (Å²) in [6, 6.07) is 12.8. The molecule has 2 aromatic carbocycles. The molecule has 0 spiro atoms. The molecule has 0 heterocycles. The number of benzene rings is 2. The Bertz CT molecular complexity index is 879. The molecule has 6 nitrogen and oxygen atoms in total. The fourth-order valence-electron chi connectivity index (χ4n) is 2.70. The zero-order chi connectivity index (χ0) is 20.0.